The summed E-state index contributed by atoms with van der Waals surface area (Å²) in [6, 6.07) is 5.53. The van der Waals surface area contributed by atoms with Crippen molar-refractivity contribution in [3.05, 3.63) is 40.4 Å². The quantitative estimate of drug-likeness (QED) is 0.832. The molecule has 0 aliphatic rings. The number of halogens is 1. The summed E-state index contributed by atoms with van der Waals surface area (Å²) < 4.78 is 0. The van der Waals surface area contributed by atoms with Crippen molar-refractivity contribution in [3.8, 4) is 0 Å². The average Bonchev–Trinajstić information content (AvgIpc) is 2.30. The smallest absolute Gasteiger partial charge is 0.185 e. The molecule has 0 aliphatic heterocycles. The van der Waals surface area contributed by atoms with Gasteiger partial charge in [-0.05, 0) is 29.7 Å². The third-order valence-electron chi connectivity index (χ3n) is 2.14. The Morgan fingerprint density at radius 2 is 2.29 bits per heavy atom. The van der Waals surface area contributed by atoms with Crippen LogP contribution in [-0.4, -0.2) is 16.0 Å². The van der Waals surface area contributed by atoms with E-state index in [1.54, 1.807) is 13.0 Å². The third-order valence-corrected chi connectivity index (χ3v) is 3.36. The molecule has 2 nitrogen and oxygen atoms in total. The second-order valence-electron chi connectivity index (χ2n) is 3.54. The van der Waals surface area contributed by atoms with E-state index in [2.05, 4.69) is 0 Å². The third kappa shape index (κ3) is 5.39. The number of aliphatic hydroxyl groups is 1. The Labute approximate surface area is 111 Å². The van der Waals surface area contributed by atoms with E-state index in [-0.39, 0.29) is 11.7 Å². The maximum absolute atomic E-state index is 10.7. The van der Waals surface area contributed by atoms with Crippen molar-refractivity contribution >= 4 is 34.6 Å². The van der Waals surface area contributed by atoms with Gasteiger partial charge < -0.3 is 5.11 Å². The minimum absolute atomic E-state index is 0.0549. The Kier molecular flexibility index (Phi) is 6.34. The minimum Gasteiger partial charge on any atom is -0.392 e. The molecule has 17 heavy (non-hydrogen) atoms. The van der Waals surface area contributed by atoms with E-state index < -0.39 is 0 Å². The molecule has 0 fully saturated rings. The van der Waals surface area contributed by atoms with Crippen LogP contribution in [0.2, 0.25) is 5.02 Å². The summed E-state index contributed by atoms with van der Waals surface area (Å²) in [5.41, 5.74) is 1.73. The van der Waals surface area contributed by atoms with E-state index in [4.69, 9.17) is 16.7 Å². The predicted octanol–water partition coefficient (Wildman–Crippen LogP) is 3.52. The van der Waals surface area contributed by atoms with E-state index in [0.29, 0.717) is 5.02 Å². The first-order valence-corrected chi connectivity index (χ1v) is 6.69. The van der Waals surface area contributed by atoms with Crippen LogP contribution in [0.15, 0.2) is 24.3 Å². The highest BCUT2D eigenvalue weighted by Crippen LogP contribution is 2.18. The van der Waals surface area contributed by atoms with Crippen LogP contribution in [0.3, 0.4) is 0 Å². The van der Waals surface area contributed by atoms with Gasteiger partial charge in [-0.1, -0.05) is 41.6 Å². The summed E-state index contributed by atoms with van der Waals surface area (Å²) in [6.45, 7) is 1.52. The molecule has 0 radical (unpaired) electrons. The van der Waals surface area contributed by atoms with Gasteiger partial charge in [-0.25, -0.2) is 0 Å². The number of carbonyl (C=O) groups excluding carboxylic acids is 1. The minimum atomic E-state index is -0.0549. The maximum Gasteiger partial charge on any atom is 0.185 e. The molecular weight excluding hydrogens is 256 g/mol. The van der Waals surface area contributed by atoms with Gasteiger partial charge in [0.25, 0.3) is 0 Å². The lowest BCUT2D eigenvalue weighted by atomic mass is 10.1. The van der Waals surface area contributed by atoms with Crippen LogP contribution in [0.5, 0.6) is 0 Å². The van der Waals surface area contributed by atoms with Crippen LogP contribution in [0, 0.1) is 0 Å². The van der Waals surface area contributed by atoms with E-state index in [1.165, 1.54) is 11.8 Å². The van der Waals surface area contributed by atoms with Crippen molar-refractivity contribution in [1.29, 1.82) is 0 Å². The first kappa shape index (κ1) is 14.3. The molecule has 0 bridgehead atoms. The largest absolute Gasteiger partial charge is 0.392 e. The van der Waals surface area contributed by atoms with Crippen molar-refractivity contribution in [1.82, 2.24) is 0 Å². The van der Waals surface area contributed by atoms with Gasteiger partial charge in [-0.2, -0.15) is 0 Å². The molecule has 1 aromatic rings. The number of benzene rings is 1. The fourth-order valence-electron chi connectivity index (χ4n) is 1.31. The van der Waals surface area contributed by atoms with Gasteiger partial charge in [0, 0.05) is 17.7 Å². The van der Waals surface area contributed by atoms with Crippen LogP contribution in [0.1, 0.15) is 24.5 Å². The Bertz CT molecular complexity index is 416. The van der Waals surface area contributed by atoms with Crippen molar-refractivity contribution in [2.45, 2.75) is 20.0 Å². The van der Waals surface area contributed by atoms with Gasteiger partial charge in [0.15, 0.2) is 5.12 Å². The molecule has 0 aliphatic carbocycles. The topological polar surface area (TPSA) is 37.3 Å². The molecule has 0 atom stereocenters. The van der Waals surface area contributed by atoms with Crippen molar-refractivity contribution in [3.63, 3.8) is 0 Å². The first-order chi connectivity index (χ1) is 8.13. The van der Waals surface area contributed by atoms with Gasteiger partial charge in [-0.15, -0.1) is 0 Å². The van der Waals surface area contributed by atoms with E-state index in [9.17, 15) is 4.79 Å². The van der Waals surface area contributed by atoms with Crippen molar-refractivity contribution < 1.29 is 9.90 Å². The lowest BCUT2D eigenvalue weighted by Crippen LogP contribution is -1.86. The Morgan fingerprint density at radius 3 is 2.94 bits per heavy atom. The summed E-state index contributed by atoms with van der Waals surface area (Å²) in [7, 11) is 0. The lowest BCUT2D eigenvalue weighted by molar-refractivity contribution is -0.109. The Hall–Kier alpha value is -0.770. The molecule has 0 spiro atoms. The normalized spacial score (nSPS) is 11.0. The second kappa shape index (κ2) is 7.54. The molecule has 1 N–H and O–H groups in total. The number of aliphatic hydroxyl groups excluding tert-OH is 1. The van der Waals surface area contributed by atoms with Crippen LogP contribution < -0.4 is 0 Å². The Morgan fingerprint density at radius 1 is 1.53 bits per heavy atom. The molecule has 0 saturated heterocycles. The molecule has 4 heteroatoms. The fourth-order valence-corrected chi connectivity index (χ4v) is 2.03. The maximum atomic E-state index is 10.7. The summed E-state index contributed by atoms with van der Waals surface area (Å²) in [6.07, 6.45) is 4.83. The zero-order valence-corrected chi connectivity index (χ0v) is 11.2. The standard InChI is InChI=1S/C13H15ClO2S/c1-10(16)17-7-3-2-4-11-5-6-13(14)12(8-11)9-15/h2,4-6,8,15H,3,7,9H2,1H3. The zero-order valence-electron chi connectivity index (χ0n) is 9.65. The molecular formula is C13H15ClO2S. The lowest BCUT2D eigenvalue weighted by Gasteiger charge is -2.01. The van der Waals surface area contributed by atoms with Gasteiger partial charge >= 0.3 is 0 Å². The predicted molar refractivity (Wildman–Crippen MR) is 74.2 cm³/mol. The average molecular weight is 271 g/mol. The van der Waals surface area contributed by atoms with Crippen LogP contribution >= 0.6 is 23.4 Å². The molecule has 1 aromatic carbocycles. The molecule has 1 rings (SSSR count). The van der Waals surface area contributed by atoms with Crippen LogP contribution in [-0.2, 0) is 11.4 Å². The summed E-state index contributed by atoms with van der Waals surface area (Å²) in [5.74, 6) is 0.798. The number of carbonyl (C=O) groups is 1. The van der Waals surface area contributed by atoms with Crippen molar-refractivity contribution in [2.24, 2.45) is 0 Å². The highest BCUT2D eigenvalue weighted by molar-refractivity contribution is 8.13. The van der Waals surface area contributed by atoms with Crippen molar-refractivity contribution in [2.75, 3.05) is 5.75 Å². The second-order valence-corrected chi connectivity index (χ2v) is 5.22. The van der Waals surface area contributed by atoms with E-state index in [1.807, 2.05) is 24.3 Å². The number of rotatable bonds is 5. The molecule has 0 amide bonds. The highest BCUT2D eigenvalue weighted by Gasteiger charge is 1.98. The summed E-state index contributed by atoms with van der Waals surface area (Å²) in [5, 5.41) is 9.79. The van der Waals surface area contributed by atoms with E-state index >= 15 is 0 Å². The van der Waals surface area contributed by atoms with Gasteiger partial charge in [0.2, 0.25) is 0 Å². The van der Waals surface area contributed by atoms with E-state index in [0.717, 1.165) is 23.3 Å². The molecule has 0 saturated carbocycles. The summed E-state index contributed by atoms with van der Waals surface area (Å²) in [4.78, 5) is 10.7. The van der Waals surface area contributed by atoms with Gasteiger partial charge in [0.05, 0.1) is 6.61 Å². The summed E-state index contributed by atoms with van der Waals surface area (Å²) >= 11 is 7.22. The number of hydrogen-bond donors (Lipinski definition) is 1. The fraction of sp³-hybridized carbons (Fsp3) is 0.308. The van der Waals surface area contributed by atoms with Gasteiger partial charge in [0.1, 0.15) is 0 Å². The molecule has 0 unspecified atom stereocenters. The van der Waals surface area contributed by atoms with Crippen LogP contribution in [0.25, 0.3) is 6.08 Å². The molecule has 0 aromatic heterocycles. The molecule has 92 valence electrons. The SMILES string of the molecule is CC(=O)SCCC=Cc1ccc(Cl)c(CO)c1. The van der Waals surface area contributed by atoms with Gasteiger partial charge in [-0.3, -0.25) is 4.79 Å². The van der Waals surface area contributed by atoms with Crippen LogP contribution in [0.4, 0.5) is 0 Å². The molecule has 0 heterocycles. The Balaban J connectivity index is 2.50. The highest BCUT2D eigenvalue weighted by atomic mass is 35.5. The zero-order chi connectivity index (χ0) is 12.7. The monoisotopic (exact) mass is 270 g/mol. The number of hydrogen-bond acceptors (Lipinski definition) is 3. The first-order valence-electron chi connectivity index (χ1n) is 5.32. The number of thioether (sulfide) groups is 1. The number of allylic oxidation sites excluding steroid dienone is 1.